The minimum absolute atomic E-state index is 0.177. The van der Waals surface area contributed by atoms with Gasteiger partial charge in [-0.1, -0.05) is 31.3 Å². The van der Waals surface area contributed by atoms with Crippen molar-refractivity contribution in [3.8, 4) is 0 Å². The van der Waals surface area contributed by atoms with E-state index in [1.807, 2.05) is 0 Å². The fourth-order valence-corrected chi connectivity index (χ4v) is 2.79. The number of esters is 1. The summed E-state index contributed by atoms with van der Waals surface area (Å²) in [5.74, 6) is -0.0842. The molecule has 1 aliphatic rings. The molecule has 0 aliphatic heterocycles. The molecule has 0 amide bonds. The van der Waals surface area contributed by atoms with Gasteiger partial charge in [0.2, 0.25) is 0 Å². The lowest BCUT2D eigenvalue weighted by Crippen LogP contribution is -2.19. The van der Waals surface area contributed by atoms with Gasteiger partial charge in [0, 0.05) is 19.3 Å². The van der Waals surface area contributed by atoms with Gasteiger partial charge in [-0.3, -0.25) is 4.79 Å². The number of hydrogen-bond donors (Lipinski definition) is 0. The zero-order valence-electron chi connectivity index (χ0n) is 12.7. The van der Waals surface area contributed by atoms with Crippen LogP contribution in [0.4, 0.5) is 0 Å². The van der Waals surface area contributed by atoms with Gasteiger partial charge in [0.15, 0.2) is 0 Å². The van der Waals surface area contributed by atoms with Crippen LogP contribution in [0.15, 0.2) is 5.16 Å². The minimum Gasteiger partial charge on any atom is -0.469 e. The van der Waals surface area contributed by atoms with Crippen LogP contribution in [0.25, 0.3) is 0 Å². The summed E-state index contributed by atoms with van der Waals surface area (Å²) in [7, 11) is 1.41. The number of nitrogens with zero attached hydrogens (tertiary/aromatic N) is 1. The lowest BCUT2D eigenvalue weighted by atomic mass is 9.87. The first-order valence-corrected chi connectivity index (χ1v) is 7.39. The first kappa shape index (κ1) is 16.7. The highest BCUT2D eigenvalue weighted by molar-refractivity contribution is 5.89. The van der Waals surface area contributed by atoms with E-state index >= 15 is 0 Å². The summed E-state index contributed by atoms with van der Waals surface area (Å²) in [6, 6.07) is 0. The Kier molecular flexibility index (Phi) is 7.26. The molecule has 5 nitrogen and oxygen atoms in total. The summed E-state index contributed by atoms with van der Waals surface area (Å²) in [6.45, 7) is 3.51. The van der Waals surface area contributed by atoms with Gasteiger partial charge in [-0.2, -0.15) is 0 Å². The summed E-state index contributed by atoms with van der Waals surface area (Å²) < 4.78 is 4.76. The molecule has 0 unspecified atom stereocenters. The number of carbonyl (C=O) groups is 2. The summed E-state index contributed by atoms with van der Waals surface area (Å²) in [4.78, 5) is 27.1. The minimum atomic E-state index is -0.402. The molecule has 1 saturated carbocycles. The molecule has 1 rings (SSSR count). The van der Waals surface area contributed by atoms with E-state index in [9.17, 15) is 9.59 Å². The number of unbranched alkanes of at least 4 members (excludes halogenated alkanes) is 2. The SMILES string of the molecule is CCCCC[C@H]1/C(=N\OC(C)=O)CC[C@@H]1CC(=O)OC. The first-order chi connectivity index (χ1) is 9.58. The molecule has 2 atom stereocenters. The van der Waals surface area contributed by atoms with Gasteiger partial charge in [-0.05, 0) is 25.2 Å². The second-order valence-corrected chi connectivity index (χ2v) is 5.35. The highest BCUT2D eigenvalue weighted by Gasteiger charge is 2.34. The van der Waals surface area contributed by atoms with Crippen LogP contribution in [0.1, 0.15) is 58.8 Å². The molecule has 0 aromatic heterocycles. The summed E-state index contributed by atoms with van der Waals surface area (Å²) in [6.07, 6.45) is 6.56. The Labute approximate surface area is 120 Å². The molecule has 1 fully saturated rings. The number of methoxy groups -OCH3 is 1. The van der Waals surface area contributed by atoms with Crippen molar-refractivity contribution >= 4 is 17.7 Å². The predicted octanol–water partition coefficient (Wildman–Crippen LogP) is 3.08. The van der Waals surface area contributed by atoms with E-state index < -0.39 is 5.97 Å². The summed E-state index contributed by atoms with van der Waals surface area (Å²) in [5.41, 5.74) is 0.921. The Morgan fingerprint density at radius 1 is 1.35 bits per heavy atom. The van der Waals surface area contributed by atoms with E-state index in [0.29, 0.717) is 6.42 Å². The summed E-state index contributed by atoms with van der Waals surface area (Å²) >= 11 is 0. The molecule has 0 bridgehead atoms. The number of oxime groups is 1. The lowest BCUT2D eigenvalue weighted by molar-refractivity contribution is -0.142. The third-order valence-electron chi connectivity index (χ3n) is 3.83. The lowest BCUT2D eigenvalue weighted by Gasteiger charge is -2.18. The smallest absolute Gasteiger partial charge is 0.331 e. The van der Waals surface area contributed by atoms with Crippen LogP contribution in [0.5, 0.6) is 0 Å². The number of hydrogen-bond acceptors (Lipinski definition) is 5. The van der Waals surface area contributed by atoms with E-state index in [1.165, 1.54) is 20.5 Å². The molecule has 0 spiro atoms. The van der Waals surface area contributed by atoms with Crippen LogP contribution >= 0.6 is 0 Å². The molecule has 0 aromatic rings. The molecule has 0 heterocycles. The predicted molar refractivity (Wildman–Crippen MR) is 76.2 cm³/mol. The van der Waals surface area contributed by atoms with E-state index in [2.05, 4.69) is 12.1 Å². The Bertz CT molecular complexity index is 365. The zero-order chi connectivity index (χ0) is 15.0. The standard InChI is InChI=1S/C15H25NO4/c1-4-5-6-7-13-12(10-15(18)19-3)8-9-14(13)16-20-11(2)17/h12-13H,4-10H2,1-3H3/b16-14-/t12-,13-/m1/s1. The van der Waals surface area contributed by atoms with Crippen molar-refractivity contribution in [2.45, 2.75) is 58.8 Å². The number of carbonyl (C=O) groups excluding carboxylic acids is 2. The van der Waals surface area contributed by atoms with Gasteiger partial charge in [0.1, 0.15) is 0 Å². The molecular formula is C15H25NO4. The van der Waals surface area contributed by atoms with Crippen LogP contribution in [0, 0.1) is 11.8 Å². The molecule has 1 aliphatic carbocycles. The van der Waals surface area contributed by atoms with E-state index in [4.69, 9.17) is 9.57 Å². The molecule has 0 N–H and O–H groups in total. The quantitative estimate of drug-likeness (QED) is 0.312. The number of ether oxygens (including phenoxy) is 1. The fourth-order valence-electron chi connectivity index (χ4n) is 2.79. The van der Waals surface area contributed by atoms with Crippen molar-refractivity contribution in [3.63, 3.8) is 0 Å². The molecule has 114 valence electrons. The number of rotatable bonds is 7. The van der Waals surface area contributed by atoms with Crippen LogP contribution in [-0.2, 0) is 19.2 Å². The monoisotopic (exact) mass is 283 g/mol. The van der Waals surface area contributed by atoms with Gasteiger partial charge in [-0.15, -0.1) is 0 Å². The normalized spacial score (nSPS) is 23.9. The molecule has 0 radical (unpaired) electrons. The Hall–Kier alpha value is -1.39. The second-order valence-electron chi connectivity index (χ2n) is 5.35. The van der Waals surface area contributed by atoms with Gasteiger partial charge >= 0.3 is 11.9 Å². The molecule has 0 aromatic carbocycles. The van der Waals surface area contributed by atoms with Crippen molar-refractivity contribution in [1.29, 1.82) is 0 Å². The van der Waals surface area contributed by atoms with Crippen LogP contribution in [-0.4, -0.2) is 24.8 Å². The Morgan fingerprint density at radius 2 is 2.10 bits per heavy atom. The third kappa shape index (κ3) is 5.31. The van der Waals surface area contributed by atoms with Gasteiger partial charge < -0.3 is 9.57 Å². The largest absolute Gasteiger partial charge is 0.469 e. The highest BCUT2D eigenvalue weighted by Crippen LogP contribution is 2.36. The van der Waals surface area contributed by atoms with Gasteiger partial charge in [0.25, 0.3) is 0 Å². The van der Waals surface area contributed by atoms with Gasteiger partial charge in [-0.25, -0.2) is 4.79 Å². The molecule has 20 heavy (non-hydrogen) atoms. The molecule has 0 saturated heterocycles. The molecule has 5 heteroatoms. The van der Waals surface area contributed by atoms with Crippen molar-refractivity contribution in [3.05, 3.63) is 0 Å². The van der Waals surface area contributed by atoms with Crippen LogP contribution < -0.4 is 0 Å². The van der Waals surface area contributed by atoms with Crippen molar-refractivity contribution in [2.75, 3.05) is 7.11 Å². The fraction of sp³-hybridized carbons (Fsp3) is 0.800. The van der Waals surface area contributed by atoms with Crippen LogP contribution in [0.2, 0.25) is 0 Å². The van der Waals surface area contributed by atoms with E-state index in [1.54, 1.807) is 0 Å². The second kappa shape index (κ2) is 8.72. The van der Waals surface area contributed by atoms with Crippen LogP contribution in [0.3, 0.4) is 0 Å². The van der Waals surface area contributed by atoms with Crippen molar-refractivity contribution in [1.82, 2.24) is 0 Å². The van der Waals surface area contributed by atoms with E-state index in [-0.39, 0.29) is 17.8 Å². The van der Waals surface area contributed by atoms with Crippen molar-refractivity contribution < 1.29 is 19.2 Å². The average Bonchev–Trinajstić information content (AvgIpc) is 2.79. The third-order valence-corrected chi connectivity index (χ3v) is 3.83. The maximum atomic E-state index is 11.5. The Morgan fingerprint density at radius 3 is 2.70 bits per heavy atom. The van der Waals surface area contributed by atoms with Gasteiger partial charge in [0.05, 0.1) is 12.8 Å². The van der Waals surface area contributed by atoms with Crippen molar-refractivity contribution in [2.24, 2.45) is 17.0 Å². The zero-order valence-corrected chi connectivity index (χ0v) is 12.7. The molecular weight excluding hydrogens is 258 g/mol. The highest BCUT2D eigenvalue weighted by atomic mass is 16.7. The summed E-state index contributed by atoms with van der Waals surface area (Å²) in [5, 5.41) is 3.98. The average molecular weight is 283 g/mol. The van der Waals surface area contributed by atoms with E-state index in [0.717, 1.165) is 37.8 Å². The maximum Gasteiger partial charge on any atom is 0.331 e. The topological polar surface area (TPSA) is 65.0 Å². The first-order valence-electron chi connectivity index (χ1n) is 7.39. The maximum absolute atomic E-state index is 11.5. The Balaban J connectivity index is 2.67.